The standard InChI is InChI=1S/C30H41N7O5/c1-4-34(5-2)28-31-21-25(37(6-3)29(40)35-16-8-7-9-17-35)26(33-28)32-24(27(38)39)20-22-12-14-23(15-13-22)42-30(41)36-18-10-11-19-36/h10,12-15,18,21,24H,4-9,11,16-17,19-20H2,1-3H3,(H,38,39)(H,31,32,33)/t24-/m0/s1. The van der Waals surface area contributed by atoms with Gasteiger partial charge in [-0.1, -0.05) is 18.2 Å². The third kappa shape index (κ3) is 7.48. The van der Waals surface area contributed by atoms with Crippen molar-refractivity contribution in [3.63, 3.8) is 0 Å². The quantitative estimate of drug-likeness (QED) is 0.393. The summed E-state index contributed by atoms with van der Waals surface area (Å²) in [7, 11) is 0. The van der Waals surface area contributed by atoms with Crippen molar-refractivity contribution in [2.75, 3.05) is 54.4 Å². The minimum Gasteiger partial charge on any atom is -0.480 e. The van der Waals surface area contributed by atoms with Crippen molar-refractivity contribution in [2.45, 2.75) is 58.9 Å². The Kier molecular flexibility index (Phi) is 10.6. The molecule has 2 aliphatic rings. The second-order valence-corrected chi connectivity index (χ2v) is 10.3. The van der Waals surface area contributed by atoms with Crippen molar-refractivity contribution in [1.82, 2.24) is 19.8 Å². The van der Waals surface area contributed by atoms with Gasteiger partial charge in [-0.05, 0) is 64.2 Å². The van der Waals surface area contributed by atoms with Gasteiger partial charge in [0.05, 0.1) is 6.20 Å². The summed E-state index contributed by atoms with van der Waals surface area (Å²) in [4.78, 5) is 54.4. The Morgan fingerprint density at radius 1 is 1.02 bits per heavy atom. The molecule has 0 saturated carbocycles. The highest BCUT2D eigenvalue weighted by molar-refractivity contribution is 5.95. The maximum absolute atomic E-state index is 13.5. The number of hydrogen-bond donors (Lipinski definition) is 2. The summed E-state index contributed by atoms with van der Waals surface area (Å²) in [6, 6.07) is 5.59. The van der Waals surface area contributed by atoms with E-state index in [0.717, 1.165) is 31.2 Å². The SMILES string of the molecule is CCN(CC)c1ncc(N(CC)C(=O)N2CCCCC2)c(N[C@@H](Cc2ccc(OC(=O)N3C=CCC3)cc2)C(=O)O)n1. The van der Waals surface area contributed by atoms with Crippen molar-refractivity contribution >= 4 is 35.5 Å². The summed E-state index contributed by atoms with van der Waals surface area (Å²) in [5, 5.41) is 13.3. The van der Waals surface area contributed by atoms with Crippen molar-refractivity contribution in [3.8, 4) is 5.75 Å². The molecular weight excluding hydrogens is 538 g/mol. The van der Waals surface area contributed by atoms with E-state index in [1.807, 2.05) is 36.6 Å². The van der Waals surface area contributed by atoms with E-state index in [2.05, 4.69) is 10.3 Å². The topological polar surface area (TPSA) is 131 Å². The van der Waals surface area contributed by atoms with Gasteiger partial charge in [0.2, 0.25) is 5.95 Å². The molecule has 42 heavy (non-hydrogen) atoms. The molecule has 1 saturated heterocycles. The fourth-order valence-electron chi connectivity index (χ4n) is 5.09. The number of carbonyl (C=O) groups excluding carboxylic acids is 2. The summed E-state index contributed by atoms with van der Waals surface area (Å²) in [6.45, 7) is 9.56. The van der Waals surface area contributed by atoms with Crippen LogP contribution in [0.3, 0.4) is 0 Å². The van der Waals surface area contributed by atoms with Gasteiger partial charge in [-0.3, -0.25) is 9.80 Å². The van der Waals surface area contributed by atoms with Crippen molar-refractivity contribution in [1.29, 1.82) is 0 Å². The van der Waals surface area contributed by atoms with E-state index in [4.69, 9.17) is 9.72 Å². The van der Waals surface area contributed by atoms with E-state index < -0.39 is 18.1 Å². The number of carboxylic acid groups (broad SMARTS) is 1. The van der Waals surface area contributed by atoms with E-state index >= 15 is 0 Å². The van der Waals surface area contributed by atoms with E-state index in [9.17, 15) is 19.5 Å². The van der Waals surface area contributed by atoms with E-state index in [1.165, 1.54) is 4.90 Å². The van der Waals surface area contributed by atoms with Crippen LogP contribution in [0.4, 0.5) is 27.0 Å². The van der Waals surface area contributed by atoms with Crippen LogP contribution in [0.25, 0.3) is 0 Å². The fourth-order valence-corrected chi connectivity index (χ4v) is 5.09. The van der Waals surface area contributed by atoms with Gasteiger partial charge in [0.25, 0.3) is 0 Å². The normalized spacial score (nSPS) is 15.3. The molecule has 12 nitrogen and oxygen atoms in total. The number of likely N-dealkylation sites (tertiary alicyclic amines) is 1. The number of rotatable bonds is 11. The number of aromatic nitrogens is 2. The average molecular weight is 580 g/mol. The lowest BCUT2D eigenvalue weighted by molar-refractivity contribution is -0.137. The van der Waals surface area contributed by atoms with E-state index in [0.29, 0.717) is 56.7 Å². The van der Waals surface area contributed by atoms with Gasteiger partial charge >= 0.3 is 18.1 Å². The third-order valence-corrected chi connectivity index (χ3v) is 7.50. The number of urea groups is 1. The molecule has 0 aliphatic carbocycles. The zero-order valence-electron chi connectivity index (χ0n) is 24.7. The van der Waals surface area contributed by atoms with Gasteiger partial charge in [0.15, 0.2) is 5.82 Å². The van der Waals surface area contributed by atoms with Crippen molar-refractivity contribution in [3.05, 3.63) is 48.3 Å². The van der Waals surface area contributed by atoms with Crippen LogP contribution in [0.1, 0.15) is 52.0 Å². The Labute approximate surface area is 247 Å². The molecule has 1 fully saturated rings. The molecule has 1 aromatic carbocycles. The second kappa shape index (κ2) is 14.5. The number of aliphatic carboxylic acids is 1. The monoisotopic (exact) mass is 579 g/mol. The van der Waals surface area contributed by atoms with Crippen LogP contribution in [0.15, 0.2) is 42.7 Å². The number of benzene rings is 1. The molecule has 226 valence electrons. The number of amides is 3. The van der Waals surface area contributed by atoms with Crippen LogP contribution in [0.2, 0.25) is 0 Å². The number of carboxylic acids is 1. The Balaban J connectivity index is 1.56. The molecule has 1 atom stereocenters. The first kappa shape index (κ1) is 30.6. The number of hydrogen-bond acceptors (Lipinski definition) is 8. The van der Waals surface area contributed by atoms with Crippen molar-refractivity contribution in [2.24, 2.45) is 0 Å². The lowest BCUT2D eigenvalue weighted by atomic mass is 10.1. The summed E-state index contributed by atoms with van der Waals surface area (Å²) < 4.78 is 5.43. The predicted octanol–water partition coefficient (Wildman–Crippen LogP) is 4.58. The zero-order chi connectivity index (χ0) is 30.1. The summed E-state index contributed by atoms with van der Waals surface area (Å²) in [6.07, 6.45) is 8.70. The number of carbonyl (C=O) groups is 3. The fraction of sp³-hybridized carbons (Fsp3) is 0.500. The first-order valence-electron chi connectivity index (χ1n) is 14.8. The van der Waals surface area contributed by atoms with Crippen LogP contribution in [-0.4, -0.2) is 88.3 Å². The molecule has 0 radical (unpaired) electrons. The average Bonchev–Trinajstić information content (AvgIpc) is 3.55. The molecule has 1 aromatic heterocycles. The zero-order valence-corrected chi connectivity index (χ0v) is 24.7. The maximum Gasteiger partial charge on any atom is 0.419 e. The number of piperidine rings is 1. The summed E-state index contributed by atoms with van der Waals surface area (Å²) >= 11 is 0. The molecule has 12 heteroatoms. The summed E-state index contributed by atoms with van der Waals surface area (Å²) in [5.74, 6) is 0.0536. The van der Waals surface area contributed by atoms with Gasteiger partial charge in [-0.15, -0.1) is 0 Å². The van der Waals surface area contributed by atoms with Crippen LogP contribution in [0, 0.1) is 0 Å². The largest absolute Gasteiger partial charge is 0.480 e. The van der Waals surface area contributed by atoms with Gasteiger partial charge in [-0.2, -0.15) is 4.98 Å². The molecule has 4 rings (SSSR count). The lowest BCUT2D eigenvalue weighted by Gasteiger charge is -2.33. The van der Waals surface area contributed by atoms with Crippen molar-refractivity contribution < 1.29 is 24.2 Å². The Morgan fingerprint density at radius 2 is 1.74 bits per heavy atom. The number of nitrogens with one attached hydrogen (secondary N) is 1. The van der Waals surface area contributed by atoms with E-state index in [-0.39, 0.29) is 18.3 Å². The number of anilines is 3. The molecule has 0 unspecified atom stereocenters. The molecular formula is C30H41N7O5. The minimum absolute atomic E-state index is 0.134. The molecule has 0 bridgehead atoms. The highest BCUT2D eigenvalue weighted by Crippen LogP contribution is 2.29. The van der Waals surface area contributed by atoms with Crippen LogP contribution in [-0.2, 0) is 11.2 Å². The minimum atomic E-state index is -1.06. The summed E-state index contributed by atoms with van der Waals surface area (Å²) in [5.41, 5.74) is 1.17. The molecule has 2 aliphatic heterocycles. The molecule has 2 N–H and O–H groups in total. The van der Waals surface area contributed by atoms with Gasteiger partial charge in [-0.25, -0.2) is 19.4 Å². The number of nitrogens with zero attached hydrogens (tertiary/aromatic N) is 6. The highest BCUT2D eigenvalue weighted by Gasteiger charge is 2.28. The van der Waals surface area contributed by atoms with Crippen LogP contribution < -0.4 is 19.9 Å². The van der Waals surface area contributed by atoms with Gasteiger partial charge < -0.3 is 25.0 Å². The van der Waals surface area contributed by atoms with Crippen LogP contribution in [0.5, 0.6) is 5.75 Å². The first-order chi connectivity index (χ1) is 20.3. The second-order valence-electron chi connectivity index (χ2n) is 10.3. The Morgan fingerprint density at radius 3 is 2.33 bits per heavy atom. The first-order valence-corrected chi connectivity index (χ1v) is 14.8. The van der Waals surface area contributed by atoms with Gasteiger partial charge in [0.1, 0.15) is 17.5 Å². The van der Waals surface area contributed by atoms with Crippen LogP contribution >= 0.6 is 0 Å². The highest BCUT2D eigenvalue weighted by atomic mass is 16.6. The van der Waals surface area contributed by atoms with E-state index in [1.54, 1.807) is 41.6 Å². The maximum atomic E-state index is 13.5. The van der Waals surface area contributed by atoms with Gasteiger partial charge in [0, 0.05) is 51.9 Å². The predicted molar refractivity (Wildman–Crippen MR) is 161 cm³/mol. The molecule has 2 aromatic rings. The lowest BCUT2D eigenvalue weighted by Crippen LogP contribution is -2.46. The Bertz CT molecular complexity index is 1260. The Hall–Kier alpha value is -4.35. The number of ether oxygens (including phenoxy) is 1. The third-order valence-electron chi connectivity index (χ3n) is 7.50. The molecule has 3 amide bonds. The molecule has 0 spiro atoms. The smallest absolute Gasteiger partial charge is 0.419 e. The molecule has 3 heterocycles.